The number of aromatic nitrogens is 2. The lowest BCUT2D eigenvalue weighted by Gasteiger charge is -2.30. The molecule has 1 aromatic carbocycles. The number of hydrogen-bond acceptors (Lipinski definition) is 4. The van der Waals surface area contributed by atoms with Crippen LogP contribution in [0.3, 0.4) is 0 Å². The summed E-state index contributed by atoms with van der Waals surface area (Å²) in [7, 11) is 1.23. The predicted molar refractivity (Wildman–Crippen MR) is 115 cm³/mol. The zero-order valence-corrected chi connectivity index (χ0v) is 18.4. The maximum Gasteiger partial charge on any atom is 0.416 e. The molecule has 178 valence electrons. The highest BCUT2D eigenvalue weighted by Crippen LogP contribution is 2.40. The summed E-state index contributed by atoms with van der Waals surface area (Å²) in [6.07, 6.45) is -3.33. The lowest BCUT2D eigenvalue weighted by atomic mass is 10.1. The minimum Gasteiger partial charge on any atom is -0.329 e. The minimum absolute atomic E-state index is 0.0111. The van der Waals surface area contributed by atoms with Crippen LogP contribution in [-0.2, 0) is 17.4 Å². The van der Waals surface area contributed by atoms with Gasteiger partial charge in [0.05, 0.1) is 22.0 Å². The Morgan fingerprint density at radius 2 is 1.88 bits per heavy atom. The van der Waals surface area contributed by atoms with Gasteiger partial charge in [-0.3, -0.25) is 9.59 Å². The van der Waals surface area contributed by atoms with Gasteiger partial charge in [0, 0.05) is 37.5 Å². The van der Waals surface area contributed by atoms with Crippen LogP contribution in [0.1, 0.15) is 16.8 Å². The van der Waals surface area contributed by atoms with Crippen molar-refractivity contribution < 1.29 is 26.7 Å². The van der Waals surface area contributed by atoms with E-state index in [4.69, 9.17) is 11.6 Å². The van der Waals surface area contributed by atoms with E-state index in [1.165, 1.54) is 25.1 Å². The van der Waals surface area contributed by atoms with Crippen LogP contribution in [0, 0.1) is 18.6 Å². The normalized spacial score (nSPS) is 15.4. The largest absolute Gasteiger partial charge is 0.416 e. The molecule has 0 bridgehead atoms. The number of fused-ring (bicyclic) bond motifs is 1. The summed E-state index contributed by atoms with van der Waals surface area (Å²) >= 11 is 5.74. The van der Waals surface area contributed by atoms with E-state index in [1.807, 2.05) is 0 Å². The molecule has 4 rings (SSSR count). The first-order chi connectivity index (χ1) is 15.9. The molecular formula is C22H16ClF5N4O2. The smallest absolute Gasteiger partial charge is 0.329 e. The van der Waals surface area contributed by atoms with Crippen LogP contribution in [0.15, 0.2) is 41.3 Å². The van der Waals surface area contributed by atoms with Gasteiger partial charge in [-0.25, -0.2) is 13.8 Å². The molecule has 0 radical (unpaired) electrons. The Bertz CT molecular complexity index is 1360. The van der Waals surface area contributed by atoms with Crippen LogP contribution >= 0.6 is 11.6 Å². The van der Waals surface area contributed by atoms with E-state index in [0.29, 0.717) is 11.6 Å². The molecule has 0 aliphatic carbocycles. The maximum atomic E-state index is 14.4. The van der Waals surface area contributed by atoms with Crippen LogP contribution in [-0.4, -0.2) is 29.0 Å². The molecule has 3 heterocycles. The van der Waals surface area contributed by atoms with Gasteiger partial charge < -0.3 is 14.8 Å². The van der Waals surface area contributed by atoms with Crippen LogP contribution in [0.25, 0.3) is 0 Å². The van der Waals surface area contributed by atoms with Gasteiger partial charge in [0.1, 0.15) is 23.5 Å². The average Bonchev–Trinajstić information content (AvgIpc) is 3.12. The number of benzene rings is 1. The number of nitrogens with zero attached hydrogens (tertiary/aromatic N) is 3. The van der Waals surface area contributed by atoms with E-state index in [1.54, 1.807) is 0 Å². The molecule has 1 N–H and O–H groups in total. The van der Waals surface area contributed by atoms with E-state index >= 15 is 0 Å². The number of carbonyl (C=O) groups is 1. The number of H-pyrrole nitrogens is 1. The molecule has 3 aromatic rings. The van der Waals surface area contributed by atoms with Crippen molar-refractivity contribution in [2.45, 2.75) is 25.6 Å². The van der Waals surface area contributed by atoms with Crippen molar-refractivity contribution in [2.75, 3.05) is 16.8 Å². The summed E-state index contributed by atoms with van der Waals surface area (Å²) in [5.41, 5.74) is -1.13. The molecule has 0 saturated carbocycles. The van der Waals surface area contributed by atoms with Gasteiger partial charge in [0.15, 0.2) is 0 Å². The SMILES string of the molecule is Cc1cc(C(F)(F)F)cc(N2c3cc(=O)[nH]cc3C[C@H]2C(=O)N(C)c2cc(Cl)c(F)cc2F)n1. The molecule has 0 spiro atoms. The molecular weight excluding hydrogens is 483 g/mol. The molecule has 1 aliphatic heterocycles. The van der Waals surface area contributed by atoms with Crippen molar-refractivity contribution >= 4 is 34.7 Å². The fourth-order valence-electron chi connectivity index (χ4n) is 3.88. The third-order valence-electron chi connectivity index (χ3n) is 5.45. The monoisotopic (exact) mass is 498 g/mol. The lowest BCUT2D eigenvalue weighted by molar-refractivity contribution is -0.137. The Labute approximate surface area is 194 Å². The summed E-state index contributed by atoms with van der Waals surface area (Å²) in [6.45, 7) is 1.37. The van der Waals surface area contributed by atoms with Gasteiger partial charge >= 0.3 is 6.18 Å². The molecule has 34 heavy (non-hydrogen) atoms. The van der Waals surface area contributed by atoms with Gasteiger partial charge in [-0.05, 0) is 30.7 Å². The van der Waals surface area contributed by atoms with E-state index in [9.17, 15) is 31.5 Å². The summed E-state index contributed by atoms with van der Waals surface area (Å²) in [5.74, 6) is -3.01. The second kappa shape index (κ2) is 8.39. The van der Waals surface area contributed by atoms with Crippen molar-refractivity contribution in [1.29, 1.82) is 0 Å². The lowest BCUT2D eigenvalue weighted by Crippen LogP contribution is -2.45. The minimum atomic E-state index is -4.68. The maximum absolute atomic E-state index is 14.4. The Kier molecular flexibility index (Phi) is 5.84. The number of aryl methyl sites for hydroxylation is 1. The van der Waals surface area contributed by atoms with Gasteiger partial charge in [0.25, 0.3) is 0 Å². The summed E-state index contributed by atoms with van der Waals surface area (Å²) < 4.78 is 68.4. The Morgan fingerprint density at radius 1 is 1.18 bits per heavy atom. The Balaban J connectivity index is 1.83. The summed E-state index contributed by atoms with van der Waals surface area (Å²) in [6, 6.07) is 3.07. The number of halogens is 6. The molecule has 12 heteroatoms. The molecule has 1 amide bonds. The topological polar surface area (TPSA) is 69.3 Å². The molecule has 6 nitrogen and oxygen atoms in total. The van der Waals surface area contributed by atoms with Crippen LogP contribution in [0.4, 0.5) is 39.1 Å². The molecule has 0 fully saturated rings. The fourth-order valence-corrected chi connectivity index (χ4v) is 4.03. The molecule has 0 saturated heterocycles. The first kappa shape index (κ1) is 23.7. The van der Waals surface area contributed by atoms with Gasteiger partial charge in [0.2, 0.25) is 11.5 Å². The second-order valence-corrected chi connectivity index (χ2v) is 8.17. The van der Waals surface area contributed by atoms with Crippen molar-refractivity contribution in [1.82, 2.24) is 9.97 Å². The number of hydrogen-bond donors (Lipinski definition) is 1. The second-order valence-electron chi connectivity index (χ2n) is 7.77. The van der Waals surface area contributed by atoms with Crippen molar-refractivity contribution in [3.63, 3.8) is 0 Å². The predicted octanol–water partition coefficient (Wildman–Crippen LogP) is 4.75. The molecule has 1 atom stereocenters. The van der Waals surface area contributed by atoms with E-state index < -0.39 is 45.9 Å². The fraction of sp³-hybridized carbons (Fsp3) is 0.227. The average molecular weight is 499 g/mol. The number of carbonyl (C=O) groups excluding carboxylic acids is 1. The first-order valence-corrected chi connectivity index (χ1v) is 10.2. The van der Waals surface area contributed by atoms with Crippen LogP contribution < -0.4 is 15.4 Å². The van der Waals surface area contributed by atoms with Crippen LogP contribution in [0.2, 0.25) is 5.02 Å². The van der Waals surface area contributed by atoms with Crippen molar-refractivity contribution in [3.05, 3.63) is 80.4 Å². The number of amides is 1. The third kappa shape index (κ3) is 4.23. The quantitative estimate of drug-likeness (QED) is 0.418. The van der Waals surface area contributed by atoms with Gasteiger partial charge in [-0.15, -0.1) is 0 Å². The van der Waals surface area contributed by atoms with E-state index in [0.717, 1.165) is 29.2 Å². The zero-order chi connectivity index (χ0) is 24.9. The van der Waals surface area contributed by atoms with E-state index in [2.05, 4.69) is 9.97 Å². The summed E-state index contributed by atoms with van der Waals surface area (Å²) in [4.78, 5) is 34.2. The molecule has 2 aromatic heterocycles. The van der Waals surface area contributed by atoms with Crippen molar-refractivity contribution in [3.8, 4) is 0 Å². The zero-order valence-electron chi connectivity index (χ0n) is 17.7. The number of anilines is 3. The standard InChI is InChI=1S/C22H16ClF5N4O2/c1-10-3-12(22(26,27)28)5-19(30-10)32-16-8-20(33)29-9-11(16)4-18(32)21(34)31(2)17-6-13(23)14(24)7-15(17)25/h3,5-9,18H,4H2,1-2H3,(H,29,33)/t18-/m0/s1. The first-order valence-electron chi connectivity index (χ1n) is 9.85. The van der Waals surface area contributed by atoms with E-state index in [-0.39, 0.29) is 29.3 Å². The van der Waals surface area contributed by atoms with Gasteiger partial charge in [-0.2, -0.15) is 13.2 Å². The number of alkyl halides is 3. The third-order valence-corrected chi connectivity index (χ3v) is 5.74. The number of aromatic amines is 1. The van der Waals surface area contributed by atoms with Gasteiger partial charge in [-0.1, -0.05) is 11.6 Å². The number of likely N-dealkylation sites (N-methyl/N-ethyl adjacent to an activating group) is 1. The number of rotatable bonds is 3. The number of pyridine rings is 2. The van der Waals surface area contributed by atoms with Crippen molar-refractivity contribution in [2.24, 2.45) is 0 Å². The molecule has 1 aliphatic rings. The Hall–Kier alpha value is -3.47. The summed E-state index contributed by atoms with van der Waals surface area (Å²) in [5, 5.41) is -0.414. The highest BCUT2D eigenvalue weighted by Gasteiger charge is 2.40. The Morgan fingerprint density at radius 3 is 2.56 bits per heavy atom. The molecule has 0 unspecified atom stereocenters. The highest BCUT2D eigenvalue weighted by molar-refractivity contribution is 6.31. The number of nitrogens with one attached hydrogen (secondary N) is 1. The van der Waals surface area contributed by atoms with Crippen LogP contribution in [0.5, 0.6) is 0 Å². The highest BCUT2D eigenvalue weighted by atomic mass is 35.5.